The van der Waals surface area contributed by atoms with Gasteiger partial charge in [0.25, 0.3) is 0 Å². The molecule has 13 heavy (non-hydrogen) atoms. The van der Waals surface area contributed by atoms with Crippen LogP contribution in [-0.2, 0) is 9.59 Å². The Morgan fingerprint density at radius 3 is 2.38 bits per heavy atom. The summed E-state index contributed by atoms with van der Waals surface area (Å²) in [4.78, 5) is 21.7. The van der Waals surface area contributed by atoms with Crippen molar-refractivity contribution in [1.82, 2.24) is 16.0 Å². The Labute approximate surface area is 78.3 Å². The molecule has 0 aliphatic rings. The number of hydrogen-bond donors (Lipinski definition) is 3. The van der Waals surface area contributed by atoms with Gasteiger partial charge in [0.05, 0.1) is 13.1 Å². The van der Waals surface area contributed by atoms with Gasteiger partial charge in [-0.05, 0) is 13.0 Å². The highest BCUT2D eigenvalue weighted by Crippen LogP contribution is 1.70. The maximum atomic E-state index is 11.0. The van der Waals surface area contributed by atoms with Gasteiger partial charge < -0.3 is 16.0 Å². The summed E-state index contributed by atoms with van der Waals surface area (Å²) in [6, 6.07) is 0. The fourth-order valence-electron chi connectivity index (χ4n) is 0.708. The second kappa shape index (κ2) is 7.54. The van der Waals surface area contributed by atoms with Crippen molar-refractivity contribution in [3.8, 4) is 0 Å². The highest BCUT2D eigenvalue weighted by atomic mass is 16.2. The minimum atomic E-state index is -0.191. The molecule has 0 aliphatic heterocycles. The van der Waals surface area contributed by atoms with E-state index < -0.39 is 0 Å². The fraction of sp³-hybridized carbons (Fsp3) is 0.750. The standard InChI is InChI=1S/C8H17N3O2/c1-3-4-10-5-8(13)11-6-7(12)9-2/h10H,3-6H2,1-2H3,(H,9,12)(H,11,13). The minimum absolute atomic E-state index is 0.0448. The van der Waals surface area contributed by atoms with E-state index in [2.05, 4.69) is 16.0 Å². The number of carbonyl (C=O) groups excluding carboxylic acids is 2. The van der Waals surface area contributed by atoms with Gasteiger partial charge in [0.15, 0.2) is 0 Å². The van der Waals surface area contributed by atoms with Crippen molar-refractivity contribution in [2.75, 3.05) is 26.7 Å². The first-order valence-electron chi connectivity index (χ1n) is 4.38. The van der Waals surface area contributed by atoms with Gasteiger partial charge in [0.2, 0.25) is 11.8 Å². The predicted molar refractivity (Wildman–Crippen MR) is 50.2 cm³/mol. The number of hydrogen-bond acceptors (Lipinski definition) is 3. The molecule has 5 heteroatoms. The van der Waals surface area contributed by atoms with Crippen LogP contribution in [-0.4, -0.2) is 38.5 Å². The lowest BCUT2D eigenvalue weighted by atomic mass is 10.4. The van der Waals surface area contributed by atoms with Gasteiger partial charge in [0.1, 0.15) is 0 Å². The zero-order valence-electron chi connectivity index (χ0n) is 8.14. The molecule has 0 spiro atoms. The third-order valence-corrected chi connectivity index (χ3v) is 1.44. The van der Waals surface area contributed by atoms with Crippen LogP contribution in [0.1, 0.15) is 13.3 Å². The molecule has 0 saturated carbocycles. The molecule has 0 aromatic carbocycles. The van der Waals surface area contributed by atoms with Gasteiger partial charge in [-0.15, -0.1) is 0 Å². The van der Waals surface area contributed by atoms with Gasteiger partial charge in [0, 0.05) is 7.05 Å². The Kier molecular flexibility index (Phi) is 6.91. The van der Waals surface area contributed by atoms with Gasteiger partial charge >= 0.3 is 0 Å². The summed E-state index contributed by atoms with van der Waals surface area (Å²) in [6.45, 7) is 3.15. The Balaban J connectivity index is 3.35. The van der Waals surface area contributed by atoms with Gasteiger partial charge in [-0.3, -0.25) is 9.59 Å². The number of likely N-dealkylation sites (N-methyl/N-ethyl adjacent to an activating group) is 1. The second-order valence-electron chi connectivity index (χ2n) is 2.63. The van der Waals surface area contributed by atoms with Crippen LogP contribution in [0, 0.1) is 0 Å². The first-order valence-corrected chi connectivity index (χ1v) is 4.38. The molecule has 0 atom stereocenters. The Hall–Kier alpha value is -1.10. The van der Waals surface area contributed by atoms with E-state index in [1.54, 1.807) is 0 Å². The number of carbonyl (C=O) groups is 2. The van der Waals surface area contributed by atoms with Crippen LogP contribution >= 0.6 is 0 Å². The number of amides is 2. The minimum Gasteiger partial charge on any atom is -0.358 e. The van der Waals surface area contributed by atoms with E-state index in [-0.39, 0.29) is 24.9 Å². The molecule has 0 rings (SSSR count). The van der Waals surface area contributed by atoms with Crippen molar-refractivity contribution in [1.29, 1.82) is 0 Å². The zero-order valence-corrected chi connectivity index (χ0v) is 8.14. The van der Waals surface area contributed by atoms with Crippen molar-refractivity contribution >= 4 is 11.8 Å². The average Bonchev–Trinajstić information content (AvgIpc) is 2.14. The van der Waals surface area contributed by atoms with Crippen molar-refractivity contribution in [2.24, 2.45) is 0 Å². The Morgan fingerprint density at radius 2 is 1.85 bits per heavy atom. The zero-order chi connectivity index (χ0) is 10.1. The van der Waals surface area contributed by atoms with Crippen LogP contribution in [0.4, 0.5) is 0 Å². The molecule has 0 heterocycles. The van der Waals surface area contributed by atoms with Crippen LogP contribution in [0.5, 0.6) is 0 Å². The molecule has 3 N–H and O–H groups in total. The molecule has 0 aliphatic carbocycles. The second-order valence-corrected chi connectivity index (χ2v) is 2.63. The van der Waals surface area contributed by atoms with E-state index >= 15 is 0 Å². The maximum absolute atomic E-state index is 11.0. The molecular formula is C8H17N3O2. The molecule has 0 fully saturated rings. The van der Waals surface area contributed by atoms with Gasteiger partial charge in [-0.1, -0.05) is 6.92 Å². The summed E-state index contributed by atoms with van der Waals surface area (Å²) in [5, 5.41) is 7.83. The van der Waals surface area contributed by atoms with Crippen molar-refractivity contribution < 1.29 is 9.59 Å². The summed E-state index contributed by atoms with van der Waals surface area (Å²) in [7, 11) is 1.53. The molecule has 0 aromatic rings. The molecule has 0 unspecified atom stereocenters. The lowest BCUT2D eigenvalue weighted by molar-refractivity contribution is -0.125. The summed E-state index contributed by atoms with van der Waals surface area (Å²) in [5.74, 6) is -0.346. The van der Waals surface area contributed by atoms with Gasteiger partial charge in [-0.25, -0.2) is 0 Å². The highest BCUT2D eigenvalue weighted by molar-refractivity contribution is 5.85. The predicted octanol–water partition coefficient (Wildman–Crippen LogP) is -1.15. The molecule has 0 aromatic heterocycles. The highest BCUT2D eigenvalue weighted by Gasteiger charge is 2.01. The largest absolute Gasteiger partial charge is 0.358 e. The lowest BCUT2D eigenvalue weighted by Crippen LogP contribution is -2.39. The summed E-state index contributed by atoms with van der Waals surface area (Å²) in [6.07, 6.45) is 0.989. The van der Waals surface area contributed by atoms with Crippen LogP contribution in [0.25, 0.3) is 0 Å². The number of nitrogens with one attached hydrogen (secondary N) is 3. The first kappa shape index (κ1) is 11.9. The smallest absolute Gasteiger partial charge is 0.239 e. The van der Waals surface area contributed by atoms with Crippen LogP contribution < -0.4 is 16.0 Å². The molecule has 76 valence electrons. The summed E-state index contributed by atoms with van der Waals surface area (Å²) in [5.41, 5.74) is 0. The van der Waals surface area contributed by atoms with E-state index in [9.17, 15) is 9.59 Å². The molecule has 0 radical (unpaired) electrons. The van der Waals surface area contributed by atoms with E-state index in [1.807, 2.05) is 6.92 Å². The monoisotopic (exact) mass is 187 g/mol. The molecule has 0 bridgehead atoms. The number of rotatable bonds is 6. The molecular weight excluding hydrogens is 170 g/mol. The van der Waals surface area contributed by atoms with E-state index in [0.29, 0.717) is 0 Å². The van der Waals surface area contributed by atoms with E-state index in [4.69, 9.17) is 0 Å². The van der Waals surface area contributed by atoms with Crippen LogP contribution in [0.3, 0.4) is 0 Å². The normalized spacial score (nSPS) is 9.38. The fourth-order valence-corrected chi connectivity index (χ4v) is 0.708. The summed E-state index contributed by atoms with van der Waals surface area (Å²) >= 11 is 0. The molecule has 0 saturated heterocycles. The molecule has 2 amide bonds. The average molecular weight is 187 g/mol. The first-order chi connectivity index (χ1) is 6.20. The van der Waals surface area contributed by atoms with Crippen molar-refractivity contribution in [3.63, 3.8) is 0 Å². The Bertz CT molecular complexity index is 171. The van der Waals surface area contributed by atoms with E-state index in [1.165, 1.54) is 7.05 Å². The lowest BCUT2D eigenvalue weighted by Gasteiger charge is -2.04. The third-order valence-electron chi connectivity index (χ3n) is 1.44. The third kappa shape index (κ3) is 7.27. The van der Waals surface area contributed by atoms with E-state index in [0.717, 1.165) is 13.0 Å². The topological polar surface area (TPSA) is 70.2 Å². The van der Waals surface area contributed by atoms with Crippen molar-refractivity contribution in [3.05, 3.63) is 0 Å². The Morgan fingerprint density at radius 1 is 1.15 bits per heavy atom. The SMILES string of the molecule is CCCNCC(=O)NCC(=O)NC. The quantitative estimate of drug-likeness (QED) is 0.460. The molecule has 5 nitrogen and oxygen atoms in total. The van der Waals surface area contributed by atoms with Gasteiger partial charge in [-0.2, -0.15) is 0 Å². The maximum Gasteiger partial charge on any atom is 0.239 e. The summed E-state index contributed by atoms with van der Waals surface area (Å²) < 4.78 is 0. The van der Waals surface area contributed by atoms with Crippen LogP contribution in [0.2, 0.25) is 0 Å². The van der Waals surface area contributed by atoms with Crippen LogP contribution in [0.15, 0.2) is 0 Å². The van der Waals surface area contributed by atoms with Crippen molar-refractivity contribution in [2.45, 2.75) is 13.3 Å².